The summed E-state index contributed by atoms with van der Waals surface area (Å²) in [5.74, 6) is -0.147. The Labute approximate surface area is 176 Å². The molecule has 11 heteroatoms. The zero-order valence-electron chi connectivity index (χ0n) is 16.6. The average molecular weight is 431 g/mol. The van der Waals surface area contributed by atoms with Crippen molar-refractivity contribution in [2.75, 3.05) is 5.32 Å². The van der Waals surface area contributed by atoms with E-state index in [4.69, 9.17) is 4.74 Å². The van der Waals surface area contributed by atoms with E-state index in [2.05, 4.69) is 15.3 Å². The molecule has 0 aliphatic carbocycles. The Morgan fingerprint density at radius 1 is 1.40 bits per heavy atom. The number of nitrogens with zero attached hydrogens (tertiary/aromatic N) is 3. The molecule has 3 atom stereocenters. The zero-order chi connectivity index (χ0) is 21.6. The summed E-state index contributed by atoms with van der Waals surface area (Å²) in [5.41, 5.74) is 1.49. The van der Waals surface area contributed by atoms with Gasteiger partial charge in [-0.25, -0.2) is 9.78 Å². The number of aryl methyl sites for hydroxylation is 1. The number of thioether (sulfide) groups is 1. The number of ether oxygens (including phenoxy) is 1. The number of nitro benzene ring substituents is 1. The molecule has 1 amide bonds. The highest BCUT2D eigenvalue weighted by Crippen LogP contribution is 2.51. The number of nitro groups is 1. The molecule has 0 bridgehead atoms. The lowest BCUT2D eigenvalue weighted by Gasteiger charge is -2.43. The van der Waals surface area contributed by atoms with Crippen molar-refractivity contribution in [3.8, 4) is 0 Å². The van der Waals surface area contributed by atoms with Gasteiger partial charge in [-0.2, -0.15) is 0 Å². The minimum Gasteiger partial charge on any atom is -0.459 e. The van der Waals surface area contributed by atoms with Crippen LogP contribution < -0.4 is 5.32 Å². The molecule has 158 valence electrons. The molecule has 1 aromatic heterocycles. The van der Waals surface area contributed by atoms with E-state index in [1.807, 2.05) is 20.8 Å². The fraction of sp³-hybridized carbons (Fsp3) is 0.421. The fourth-order valence-electron chi connectivity index (χ4n) is 3.71. The van der Waals surface area contributed by atoms with Gasteiger partial charge in [0.15, 0.2) is 0 Å². The minimum absolute atomic E-state index is 0.0197. The van der Waals surface area contributed by atoms with E-state index < -0.39 is 27.7 Å². The number of fused-ring (bicyclic) bond motifs is 1. The van der Waals surface area contributed by atoms with Crippen LogP contribution in [0, 0.1) is 17.0 Å². The first-order valence-corrected chi connectivity index (χ1v) is 10.2. The van der Waals surface area contributed by atoms with E-state index in [1.54, 1.807) is 35.0 Å². The van der Waals surface area contributed by atoms with Crippen molar-refractivity contribution in [1.82, 2.24) is 14.9 Å². The van der Waals surface area contributed by atoms with E-state index in [0.717, 1.165) is 5.69 Å². The molecule has 30 heavy (non-hydrogen) atoms. The number of β-lactam (4-membered cyclic amide) rings is 1. The highest BCUT2D eigenvalue weighted by atomic mass is 32.2. The van der Waals surface area contributed by atoms with E-state index in [-0.39, 0.29) is 23.6 Å². The molecule has 4 rings (SSSR count). The number of hydrogen-bond donors (Lipinski definition) is 2. The third-order valence-electron chi connectivity index (χ3n) is 5.19. The number of anilines is 1. The molecule has 2 unspecified atom stereocenters. The molecule has 0 spiro atoms. The molecule has 1 aromatic carbocycles. The van der Waals surface area contributed by atoms with Gasteiger partial charge < -0.3 is 19.9 Å². The molecular weight excluding hydrogens is 410 g/mol. The summed E-state index contributed by atoms with van der Waals surface area (Å²) >= 11 is 1.54. The lowest BCUT2D eigenvalue weighted by Crippen LogP contribution is -2.68. The summed E-state index contributed by atoms with van der Waals surface area (Å²) < 4.78 is 4.93. The quantitative estimate of drug-likeness (QED) is 0.308. The molecule has 3 heterocycles. The predicted molar refractivity (Wildman–Crippen MR) is 110 cm³/mol. The first-order chi connectivity index (χ1) is 14.2. The van der Waals surface area contributed by atoms with Crippen molar-refractivity contribution in [2.24, 2.45) is 0 Å². The number of H-pyrrole nitrogens is 1. The van der Waals surface area contributed by atoms with Crippen LogP contribution in [0.25, 0.3) is 0 Å². The van der Waals surface area contributed by atoms with Gasteiger partial charge in [0.25, 0.3) is 5.69 Å². The Kier molecular flexibility index (Phi) is 4.92. The largest absolute Gasteiger partial charge is 0.459 e. The number of nitrogens with one attached hydrogen (secondary N) is 2. The topological polar surface area (TPSA) is 130 Å². The van der Waals surface area contributed by atoms with E-state index in [0.29, 0.717) is 11.5 Å². The second-order valence-electron chi connectivity index (χ2n) is 7.83. The first-order valence-electron chi connectivity index (χ1n) is 9.35. The average Bonchev–Trinajstić information content (AvgIpc) is 3.22. The number of esters is 1. The molecule has 2 N–H and O–H groups in total. The van der Waals surface area contributed by atoms with Crippen LogP contribution in [0.5, 0.6) is 0 Å². The predicted octanol–water partition coefficient (Wildman–Crippen LogP) is 2.21. The molecule has 2 aromatic rings. The standard InChI is InChI=1S/C19H21N5O5S/c1-10-8-20-18(21-10)22-13-15(25)23-14(19(2,3)30-16(13)23)17(26)29-9-11-4-6-12(7-5-11)24(27)28/h4-8,13-14,16H,9H2,1-3H3,(H2,20,21,22)/t13?,14?,16-/m1/s1. The number of aromatic amines is 1. The Morgan fingerprint density at radius 3 is 2.70 bits per heavy atom. The van der Waals surface area contributed by atoms with Crippen molar-refractivity contribution < 1.29 is 19.2 Å². The van der Waals surface area contributed by atoms with Crippen LogP contribution in [0.2, 0.25) is 0 Å². The molecule has 2 saturated heterocycles. The highest BCUT2D eigenvalue weighted by Gasteiger charge is 2.64. The smallest absolute Gasteiger partial charge is 0.330 e. The molecule has 0 saturated carbocycles. The summed E-state index contributed by atoms with van der Waals surface area (Å²) in [6.07, 6.45) is 1.67. The van der Waals surface area contributed by atoms with Crippen LogP contribution in [0.15, 0.2) is 30.5 Å². The number of hydrogen-bond acceptors (Lipinski definition) is 8. The number of amides is 1. The van der Waals surface area contributed by atoms with Gasteiger partial charge in [0.1, 0.15) is 24.1 Å². The van der Waals surface area contributed by atoms with Crippen LogP contribution in [0.4, 0.5) is 11.6 Å². The molecule has 0 radical (unpaired) electrons. The van der Waals surface area contributed by atoms with Crippen LogP contribution in [-0.2, 0) is 20.9 Å². The van der Waals surface area contributed by atoms with Gasteiger partial charge in [-0.15, -0.1) is 11.8 Å². The van der Waals surface area contributed by atoms with Gasteiger partial charge in [-0.1, -0.05) is 0 Å². The Bertz CT molecular complexity index is 1000. The van der Waals surface area contributed by atoms with Gasteiger partial charge in [0.2, 0.25) is 11.9 Å². The second-order valence-corrected chi connectivity index (χ2v) is 9.60. The Morgan fingerprint density at radius 2 is 2.10 bits per heavy atom. The molecule has 10 nitrogen and oxygen atoms in total. The van der Waals surface area contributed by atoms with Crippen molar-refractivity contribution in [3.63, 3.8) is 0 Å². The Hall–Kier alpha value is -3.08. The minimum atomic E-state index is -0.713. The fourth-order valence-corrected chi connectivity index (χ4v) is 5.33. The van der Waals surface area contributed by atoms with Gasteiger partial charge in [0, 0.05) is 28.8 Å². The number of carbonyl (C=O) groups is 2. The second kappa shape index (κ2) is 7.31. The number of imidazole rings is 1. The number of non-ortho nitro benzene ring substituents is 1. The summed E-state index contributed by atoms with van der Waals surface area (Å²) in [5, 5.41) is 13.6. The number of carbonyl (C=O) groups excluding carboxylic acids is 2. The van der Waals surface area contributed by atoms with E-state index in [9.17, 15) is 19.7 Å². The summed E-state index contributed by atoms with van der Waals surface area (Å²) in [6.45, 7) is 5.68. The number of benzene rings is 1. The van der Waals surface area contributed by atoms with Crippen molar-refractivity contribution >= 4 is 35.3 Å². The first kappa shape index (κ1) is 20.2. The maximum atomic E-state index is 12.8. The van der Waals surface area contributed by atoms with Crippen LogP contribution in [0.1, 0.15) is 25.1 Å². The lowest BCUT2D eigenvalue weighted by atomic mass is 9.96. The molecule has 2 fully saturated rings. The lowest BCUT2D eigenvalue weighted by molar-refractivity contribution is -0.384. The third-order valence-corrected chi connectivity index (χ3v) is 6.76. The van der Waals surface area contributed by atoms with Crippen molar-refractivity contribution in [2.45, 2.75) is 49.6 Å². The molecule has 2 aliphatic heterocycles. The molecular formula is C19H21N5O5S. The summed E-state index contributed by atoms with van der Waals surface area (Å²) in [6, 6.07) is 4.63. The van der Waals surface area contributed by atoms with E-state index >= 15 is 0 Å². The monoisotopic (exact) mass is 431 g/mol. The van der Waals surface area contributed by atoms with E-state index in [1.165, 1.54) is 12.1 Å². The van der Waals surface area contributed by atoms with Crippen LogP contribution >= 0.6 is 11.8 Å². The summed E-state index contributed by atoms with van der Waals surface area (Å²) in [7, 11) is 0. The van der Waals surface area contributed by atoms with Gasteiger partial charge in [-0.3, -0.25) is 14.9 Å². The van der Waals surface area contributed by atoms with Crippen LogP contribution in [-0.4, -0.2) is 53.9 Å². The highest BCUT2D eigenvalue weighted by molar-refractivity contribution is 8.01. The van der Waals surface area contributed by atoms with Crippen LogP contribution in [0.3, 0.4) is 0 Å². The third kappa shape index (κ3) is 3.49. The number of rotatable bonds is 6. The zero-order valence-corrected chi connectivity index (χ0v) is 17.4. The molecule has 2 aliphatic rings. The van der Waals surface area contributed by atoms with Gasteiger partial charge in [-0.05, 0) is 38.5 Å². The van der Waals surface area contributed by atoms with Crippen molar-refractivity contribution in [1.29, 1.82) is 0 Å². The van der Waals surface area contributed by atoms with Crippen molar-refractivity contribution in [3.05, 3.63) is 51.8 Å². The maximum Gasteiger partial charge on any atom is 0.330 e. The maximum absolute atomic E-state index is 12.8. The number of aromatic nitrogens is 2. The SMILES string of the molecule is Cc1cnc(NC2C(=O)N3C(C(=O)OCc4ccc([N+](=O)[O-])cc4)C(C)(C)S[C@H]23)[nH]1. The summed E-state index contributed by atoms with van der Waals surface area (Å²) in [4.78, 5) is 44.6. The van der Waals surface area contributed by atoms with Gasteiger partial charge >= 0.3 is 5.97 Å². The Balaban J connectivity index is 1.41. The normalized spacial score (nSPS) is 24.2. The van der Waals surface area contributed by atoms with Gasteiger partial charge in [0.05, 0.1) is 4.92 Å².